The number of aliphatic carboxylic acids is 1. The van der Waals surface area contributed by atoms with Gasteiger partial charge in [0.05, 0.1) is 12.2 Å². The zero-order chi connectivity index (χ0) is 14.6. The second kappa shape index (κ2) is 7.93. The lowest BCUT2D eigenvalue weighted by molar-refractivity contribution is -0.139. The van der Waals surface area contributed by atoms with E-state index in [0.717, 1.165) is 16.4 Å². The maximum Gasteiger partial charge on any atom is 0.320 e. The van der Waals surface area contributed by atoms with Crippen molar-refractivity contribution in [2.24, 2.45) is 0 Å². The Bertz CT molecular complexity index is 485. The molecule has 0 radical (unpaired) electrons. The molecule has 0 saturated heterocycles. The van der Waals surface area contributed by atoms with Gasteiger partial charge in [-0.25, -0.2) is 0 Å². The minimum atomic E-state index is -0.980. The largest absolute Gasteiger partial charge is 0.480 e. The molecule has 0 unspecified atom stereocenters. The quantitative estimate of drug-likeness (QED) is 0.455. The van der Waals surface area contributed by atoms with E-state index >= 15 is 0 Å². The van der Waals surface area contributed by atoms with Gasteiger partial charge in [-0.15, -0.1) is 0 Å². The number of carboxylic acids is 1. The average Bonchev–Trinajstić information content (AvgIpc) is 2.30. The lowest BCUT2D eigenvalue weighted by Gasteiger charge is -2.12. The number of halogens is 3. The van der Waals surface area contributed by atoms with Crippen molar-refractivity contribution in [2.75, 3.05) is 11.9 Å². The van der Waals surface area contributed by atoms with Gasteiger partial charge in [0.2, 0.25) is 5.91 Å². The van der Waals surface area contributed by atoms with Crippen LogP contribution in [0.1, 0.15) is 6.92 Å². The maximum absolute atomic E-state index is 11.8. The summed E-state index contributed by atoms with van der Waals surface area (Å²) in [6.45, 7) is 1.46. The van der Waals surface area contributed by atoms with Gasteiger partial charge in [-0.2, -0.15) is 0 Å². The highest BCUT2D eigenvalue weighted by atomic mass is 127. The number of rotatable bonds is 5. The fourth-order valence-corrected chi connectivity index (χ4v) is 5.03. The summed E-state index contributed by atoms with van der Waals surface area (Å²) in [6.07, 6.45) is 0. The minimum Gasteiger partial charge on any atom is -0.480 e. The van der Waals surface area contributed by atoms with Crippen LogP contribution in [0.4, 0.5) is 5.69 Å². The van der Waals surface area contributed by atoms with Crippen LogP contribution in [0.2, 0.25) is 0 Å². The highest BCUT2D eigenvalue weighted by molar-refractivity contribution is 14.1. The van der Waals surface area contributed by atoms with Crippen molar-refractivity contribution in [3.8, 4) is 0 Å². The predicted molar refractivity (Wildman–Crippen MR) is 98.3 cm³/mol. The fraction of sp³-hybridized carbons (Fsp3) is 0.273. The molecule has 0 aliphatic heterocycles. The Kier molecular flexibility index (Phi) is 7.24. The molecule has 1 aromatic rings. The SMILES string of the molecule is C[C@H](NCC(=O)Nc1c(I)cc(I)cc1I)C(=O)O. The first kappa shape index (κ1) is 17.4. The molecule has 19 heavy (non-hydrogen) atoms. The van der Waals surface area contributed by atoms with Gasteiger partial charge < -0.3 is 10.4 Å². The second-order valence-electron chi connectivity index (χ2n) is 3.73. The summed E-state index contributed by atoms with van der Waals surface area (Å²) in [6, 6.07) is 3.18. The van der Waals surface area contributed by atoms with E-state index in [1.165, 1.54) is 6.92 Å². The van der Waals surface area contributed by atoms with Crippen LogP contribution in [0.25, 0.3) is 0 Å². The number of anilines is 1. The third-order valence-corrected chi connectivity index (χ3v) is 4.53. The Hall–Kier alpha value is 0.310. The molecule has 0 fully saturated rings. The third kappa shape index (κ3) is 5.67. The van der Waals surface area contributed by atoms with Crippen molar-refractivity contribution in [1.82, 2.24) is 5.32 Å². The van der Waals surface area contributed by atoms with E-state index in [-0.39, 0.29) is 12.5 Å². The Morgan fingerprint density at radius 1 is 1.26 bits per heavy atom. The monoisotopic (exact) mass is 600 g/mol. The Morgan fingerprint density at radius 3 is 2.26 bits per heavy atom. The van der Waals surface area contributed by atoms with E-state index in [1.54, 1.807) is 0 Å². The first-order valence-corrected chi connectivity index (χ1v) is 8.45. The van der Waals surface area contributed by atoms with E-state index in [1.807, 2.05) is 12.1 Å². The molecule has 0 saturated carbocycles. The maximum atomic E-state index is 11.8. The summed E-state index contributed by atoms with van der Waals surface area (Å²) in [5, 5.41) is 14.1. The number of benzene rings is 1. The molecule has 1 amide bonds. The molecule has 1 rings (SSSR count). The first-order valence-electron chi connectivity index (χ1n) is 5.22. The molecule has 8 heteroatoms. The van der Waals surface area contributed by atoms with Crippen LogP contribution in [0, 0.1) is 10.7 Å². The van der Waals surface area contributed by atoms with Gasteiger partial charge in [0.1, 0.15) is 6.04 Å². The summed E-state index contributed by atoms with van der Waals surface area (Å²) < 4.78 is 3.00. The van der Waals surface area contributed by atoms with Gasteiger partial charge >= 0.3 is 5.97 Å². The van der Waals surface area contributed by atoms with Crippen LogP contribution in [-0.2, 0) is 9.59 Å². The zero-order valence-corrected chi connectivity index (χ0v) is 16.3. The van der Waals surface area contributed by atoms with Crippen molar-refractivity contribution in [3.05, 3.63) is 22.8 Å². The van der Waals surface area contributed by atoms with Gasteiger partial charge in [0.25, 0.3) is 0 Å². The molecule has 104 valence electrons. The van der Waals surface area contributed by atoms with E-state index in [2.05, 4.69) is 78.4 Å². The summed E-state index contributed by atoms with van der Waals surface area (Å²) in [5.41, 5.74) is 0.761. The first-order chi connectivity index (χ1) is 8.81. The number of carbonyl (C=O) groups is 2. The van der Waals surface area contributed by atoms with Crippen molar-refractivity contribution >= 4 is 85.3 Å². The average molecular weight is 600 g/mol. The second-order valence-corrected chi connectivity index (χ2v) is 7.30. The van der Waals surface area contributed by atoms with Gasteiger partial charge in [0.15, 0.2) is 0 Å². The van der Waals surface area contributed by atoms with Crippen molar-refractivity contribution in [1.29, 1.82) is 0 Å². The fourth-order valence-electron chi connectivity index (χ4n) is 1.18. The highest BCUT2D eigenvalue weighted by Gasteiger charge is 2.14. The molecule has 3 N–H and O–H groups in total. The van der Waals surface area contributed by atoms with Crippen molar-refractivity contribution < 1.29 is 14.7 Å². The molecule has 5 nitrogen and oxygen atoms in total. The molecule has 0 spiro atoms. The molecule has 1 aromatic carbocycles. The highest BCUT2D eigenvalue weighted by Crippen LogP contribution is 2.27. The summed E-state index contributed by atoms with van der Waals surface area (Å²) in [7, 11) is 0. The van der Waals surface area contributed by atoms with E-state index in [4.69, 9.17) is 5.11 Å². The number of nitrogens with one attached hydrogen (secondary N) is 2. The van der Waals surface area contributed by atoms with Gasteiger partial charge in [-0.3, -0.25) is 14.9 Å². The van der Waals surface area contributed by atoms with E-state index < -0.39 is 12.0 Å². The van der Waals surface area contributed by atoms with Crippen LogP contribution in [0.15, 0.2) is 12.1 Å². The Labute approximate surface area is 151 Å². The molecule has 0 heterocycles. The van der Waals surface area contributed by atoms with E-state index in [9.17, 15) is 9.59 Å². The number of amides is 1. The lowest BCUT2D eigenvalue weighted by Crippen LogP contribution is -2.39. The van der Waals surface area contributed by atoms with Crippen LogP contribution in [0.3, 0.4) is 0 Å². The van der Waals surface area contributed by atoms with Gasteiger partial charge in [0, 0.05) is 10.7 Å². The predicted octanol–water partition coefficient (Wildman–Crippen LogP) is 2.50. The van der Waals surface area contributed by atoms with Crippen molar-refractivity contribution in [2.45, 2.75) is 13.0 Å². The number of hydrogen-bond donors (Lipinski definition) is 3. The zero-order valence-electron chi connectivity index (χ0n) is 9.84. The third-order valence-electron chi connectivity index (χ3n) is 2.21. The molecule has 0 aliphatic rings. The minimum absolute atomic E-state index is 0.0361. The summed E-state index contributed by atoms with van der Waals surface area (Å²) in [4.78, 5) is 22.4. The standard InChI is InChI=1S/C11H11I3N2O3/c1-5(11(18)19)15-4-9(17)16-10-7(13)2-6(12)3-8(10)14/h2-3,5,15H,4H2,1H3,(H,16,17)(H,18,19)/t5-/m0/s1. The van der Waals surface area contributed by atoms with Crippen LogP contribution in [0.5, 0.6) is 0 Å². The van der Waals surface area contributed by atoms with Crippen LogP contribution < -0.4 is 10.6 Å². The lowest BCUT2D eigenvalue weighted by atomic mass is 10.3. The Balaban J connectivity index is 2.65. The number of carboxylic acid groups (broad SMARTS) is 1. The van der Waals surface area contributed by atoms with Gasteiger partial charge in [-0.1, -0.05) is 0 Å². The normalized spacial score (nSPS) is 12.0. The molecular formula is C11H11I3N2O3. The van der Waals surface area contributed by atoms with Crippen molar-refractivity contribution in [3.63, 3.8) is 0 Å². The number of hydrogen-bond acceptors (Lipinski definition) is 3. The molecule has 1 atom stereocenters. The smallest absolute Gasteiger partial charge is 0.320 e. The molecule has 0 aromatic heterocycles. The molecule has 0 aliphatic carbocycles. The molecule has 0 bridgehead atoms. The number of carbonyl (C=O) groups excluding carboxylic acids is 1. The van der Waals surface area contributed by atoms with Crippen LogP contribution in [-0.4, -0.2) is 29.6 Å². The summed E-state index contributed by atoms with van der Waals surface area (Å²) >= 11 is 6.53. The van der Waals surface area contributed by atoms with Gasteiger partial charge in [-0.05, 0) is 86.8 Å². The van der Waals surface area contributed by atoms with Crippen LogP contribution >= 0.6 is 67.8 Å². The van der Waals surface area contributed by atoms with E-state index in [0.29, 0.717) is 0 Å². The summed E-state index contributed by atoms with van der Waals surface area (Å²) in [5.74, 6) is -1.24. The molecular weight excluding hydrogens is 589 g/mol. The topological polar surface area (TPSA) is 78.4 Å². The Morgan fingerprint density at radius 2 is 1.79 bits per heavy atom.